The number of nitrogens with one attached hydrogen (secondary N) is 1. The van der Waals surface area contributed by atoms with Crippen molar-refractivity contribution in [1.29, 1.82) is 0 Å². The minimum absolute atomic E-state index is 0.0294. The Morgan fingerprint density at radius 3 is 2.53 bits per heavy atom. The largest absolute Gasteiger partial charge is 0.325 e. The number of carbonyl (C=O) groups is 1. The van der Waals surface area contributed by atoms with Crippen molar-refractivity contribution in [2.75, 3.05) is 5.32 Å². The molecule has 1 unspecified atom stereocenters. The molecule has 1 heterocycles. The second-order valence-electron chi connectivity index (χ2n) is 8.43. The summed E-state index contributed by atoms with van der Waals surface area (Å²) in [5.41, 5.74) is 4.03. The molecule has 0 saturated heterocycles. The van der Waals surface area contributed by atoms with E-state index in [1.54, 1.807) is 0 Å². The van der Waals surface area contributed by atoms with Crippen LogP contribution in [0.5, 0.6) is 0 Å². The minimum atomic E-state index is -0.389. The summed E-state index contributed by atoms with van der Waals surface area (Å²) in [6.07, 6.45) is 4.75. The van der Waals surface area contributed by atoms with E-state index in [1.807, 2.05) is 56.3 Å². The number of carbonyl (C=O) groups excluding carboxylic acids is 1. The molecule has 1 N–H and O–H groups in total. The molecule has 2 fully saturated rings. The van der Waals surface area contributed by atoms with Gasteiger partial charge in [0.2, 0.25) is 5.91 Å². The fraction of sp³-hybridized carbons (Fsp3) is 0.375. The van der Waals surface area contributed by atoms with Gasteiger partial charge in [-0.1, -0.05) is 54.2 Å². The lowest BCUT2D eigenvalue weighted by molar-refractivity contribution is -0.115. The van der Waals surface area contributed by atoms with E-state index in [4.69, 9.17) is 0 Å². The number of amides is 1. The summed E-state index contributed by atoms with van der Waals surface area (Å²) in [6.45, 7) is 4.06. The molecule has 154 valence electrons. The quantitative estimate of drug-likeness (QED) is 0.509. The Morgan fingerprint density at radius 1 is 1.07 bits per heavy atom. The lowest BCUT2D eigenvalue weighted by atomic mass is 10.1. The molecule has 2 aromatic carbocycles. The maximum atomic E-state index is 13.4. The second-order valence-corrected chi connectivity index (χ2v) is 9.50. The third kappa shape index (κ3) is 4.01. The van der Waals surface area contributed by atoms with E-state index in [2.05, 4.69) is 26.1 Å². The number of aromatic nitrogens is 3. The van der Waals surface area contributed by atoms with Crippen LogP contribution >= 0.6 is 11.8 Å². The molecule has 0 bridgehead atoms. The zero-order valence-corrected chi connectivity index (χ0v) is 18.2. The van der Waals surface area contributed by atoms with E-state index >= 15 is 0 Å². The molecule has 0 spiro atoms. The van der Waals surface area contributed by atoms with E-state index in [0.717, 1.165) is 33.4 Å². The molecule has 1 aromatic heterocycles. The highest BCUT2D eigenvalue weighted by Gasteiger charge is 2.37. The van der Waals surface area contributed by atoms with Crippen molar-refractivity contribution in [2.24, 2.45) is 0 Å². The number of hydrogen-bond donors (Lipinski definition) is 1. The van der Waals surface area contributed by atoms with Crippen LogP contribution in [0.15, 0.2) is 53.7 Å². The smallest absolute Gasteiger partial charge is 0.242 e. The van der Waals surface area contributed by atoms with Crippen molar-refractivity contribution in [2.45, 2.75) is 61.9 Å². The maximum absolute atomic E-state index is 13.4. The predicted octanol–water partition coefficient (Wildman–Crippen LogP) is 5.58. The zero-order valence-electron chi connectivity index (χ0n) is 17.3. The molecule has 6 heteroatoms. The molecule has 5 rings (SSSR count). The highest BCUT2D eigenvalue weighted by molar-refractivity contribution is 8.00. The van der Waals surface area contributed by atoms with Gasteiger partial charge in [-0.25, -0.2) is 0 Å². The van der Waals surface area contributed by atoms with Crippen molar-refractivity contribution in [1.82, 2.24) is 14.8 Å². The Hall–Kier alpha value is -2.60. The molecule has 0 aliphatic heterocycles. The first-order valence-electron chi connectivity index (χ1n) is 10.6. The van der Waals surface area contributed by atoms with Crippen molar-refractivity contribution in [3.8, 4) is 0 Å². The first-order chi connectivity index (χ1) is 14.6. The molecule has 30 heavy (non-hydrogen) atoms. The normalized spacial score (nSPS) is 17.0. The van der Waals surface area contributed by atoms with Gasteiger partial charge in [-0.2, -0.15) is 0 Å². The summed E-state index contributed by atoms with van der Waals surface area (Å²) in [5.74, 6) is 1.63. The molecule has 3 aromatic rings. The fourth-order valence-electron chi connectivity index (χ4n) is 3.74. The number of rotatable bonds is 7. The van der Waals surface area contributed by atoms with Gasteiger partial charge < -0.3 is 9.88 Å². The van der Waals surface area contributed by atoms with Crippen LogP contribution in [0.4, 0.5) is 5.69 Å². The van der Waals surface area contributed by atoms with Gasteiger partial charge >= 0.3 is 0 Å². The van der Waals surface area contributed by atoms with Gasteiger partial charge in [0.1, 0.15) is 11.1 Å². The molecular formula is C24H26N4OS. The lowest BCUT2D eigenvalue weighted by Gasteiger charge is -2.18. The molecule has 0 radical (unpaired) electrons. The van der Waals surface area contributed by atoms with Crippen LogP contribution in [0.3, 0.4) is 0 Å². The van der Waals surface area contributed by atoms with Gasteiger partial charge in [0.25, 0.3) is 0 Å². The van der Waals surface area contributed by atoms with E-state index in [0.29, 0.717) is 12.0 Å². The van der Waals surface area contributed by atoms with E-state index in [9.17, 15) is 4.79 Å². The highest BCUT2D eigenvalue weighted by Crippen LogP contribution is 2.47. The topological polar surface area (TPSA) is 59.8 Å². The fourth-order valence-corrected chi connectivity index (χ4v) is 4.85. The number of aryl methyl sites for hydroxylation is 2. The average molecular weight is 419 g/mol. The van der Waals surface area contributed by atoms with Crippen molar-refractivity contribution in [3.63, 3.8) is 0 Å². The van der Waals surface area contributed by atoms with Crippen LogP contribution in [0.2, 0.25) is 0 Å². The standard InChI is InChI=1S/C24H26N4OS/c1-15-8-9-16(2)20(14-15)25-23(29)21(17-6-4-3-5-7-17)30-24-27-26-22(18-10-11-18)28(24)19-12-13-19/h3-9,14,18-19,21H,10-13H2,1-2H3,(H,25,29). The third-order valence-electron chi connectivity index (χ3n) is 5.76. The molecular weight excluding hydrogens is 392 g/mol. The van der Waals surface area contributed by atoms with Crippen LogP contribution in [0.25, 0.3) is 0 Å². The Labute approximate surface area is 181 Å². The maximum Gasteiger partial charge on any atom is 0.242 e. The van der Waals surface area contributed by atoms with Crippen LogP contribution in [0.1, 0.15) is 65.4 Å². The van der Waals surface area contributed by atoms with E-state index in [1.165, 1.54) is 37.4 Å². The number of benzene rings is 2. The van der Waals surface area contributed by atoms with Gasteiger partial charge in [0, 0.05) is 17.6 Å². The van der Waals surface area contributed by atoms with Crippen LogP contribution in [-0.4, -0.2) is 20.7 Å². The molecule has 2 aliphatic carbocycles. The molecule has 1 atom stereocenters. The summed E-state index contributed by atoms with van der Waals surface area (Å²) >= 11 is 1.52. The molecule has 1 amide bonds. The Kier molecular flexibility index (Phi) is 5.11. The first kappa shape index (κ1) is 19.4. The van der Waals surface area contributed by atoms with Crippen LogP contribution in [0, 0.1) is 13.8 Å². The van der Waals surface area contributed by atoms with E-state index in [-0.39, 0.29) is 11.2 Å². The second kappa shape index (κ2) is 7.91. The molecule has 5 nitrogen and oxygen atoms in total. The summed E-state index contributed by atoms with van der Waals surface area (Å²) in [6, 6.07) is 16.6. The van der Waals surface area contributed by atoms with Gasteiger partial charge in [-0.15, -0.1) is 10.2 Å². The van der Waals surface area contributed by atoms with Crippen molar-refractivity contribution >= 4 is 23.4 Å². The van der Waals surface area contributed by atoms with Crippen LogP contribution < -0.4 is 5.32 Å². The summed E-state index contributed by atoms with van der Waals surface area (Å²) in [7, 11) is 0. The van der Waals surface area contributed by atoms with Crippen molar-refractivity contribution < 1.29 is 4.79 Å². The SMILES string of the molecule is Cc1ccc(C)c(NC(=O)C(Sc2nnc(C3CC3)n2C2CC2)c2ccccc2)c1. The molecule has 2 saturated carbocycles. The third-order valence-corrected chi connectivity index (χ3v) is 6.97. The monoisotopic (exact) mass is 418 g/mol. The van der Waals surface area contributed by atoms with Gasteiger partial charge in [0.15, 0.2) is 5.16 Å². The lowest BCUT2D eigenvalue weighted by Crippen LogP contribution is -2.20. The van der Waals surface area contributed by atoms with Crippen molar-refractivity contribution in [3.05, 3.63) is 71.0 Å². The Bertz CT molecular complexity index is 1070. The Morgan fingerprint density at radius 2 is 1.83 bits per heavy atom. The number of hydrogen-bond acceptors (Lipinski definition) is 4. The zero-order chi connectivity index (χ0) is 20.7. The summed E-state index contributed by atoms with van der Waals surface area (Å²) < 4.78 is 2.31. The average Bonchev–Trinajstić information content (AvgIpc) is 3.68. The van der Waals surface area contributed by atoms with Crippen LogP contribution in [-0.2, 0) is 4.79 Å². The number of thioether (sulfide) groups is 1. The van der Waals surface area contributed by atoms with Gasteiger partial charge in [-0.3, -0.25) is 4.79 Å². The first-order valence-corrected chi connectivity index (χ1v) is 11.5. The summed E-state index contributed by atoms with van der Waals surface area (Å²) in [4.78, 5) is 13.4. The minimum Gasteiger partial charge on any atom is -0.325 e. The predicted molar refractivity (Wildman–Crippen MR) is 120 cm³/mol. The van der Waals surface area contributed by atoms with Gasteiger partial charge in [-0.05, 0) is 62.3 Å². The molecule has 2 aliphatic rings. The van der Waals surface area contributed by atoms with E-state index < -0.39 is 0 Å². The number of nitrogens with zero attached hydrogens (tertiary/aromatic N) is 3. The van der Waals surface area contributed by atoms with Gasteiger partial charge in [0.05, 0.1) is 0 Å². The Balaban J connectivity index is 1.46. The highest BCUT2D eigenvalue weighted by atomic mass is 32.2. The summed E-state index contributed by atoms with van der Waals surface area (Å²) in [5, 5.41) is 12.7. The number of anilines is 1.